The molecule has 1 aliphatic rings. The van der Waals surface area contributed by atoms with Crippen molar-refractivity contribution in [3.05, 3.63) is 42.5 Å². The highest BCUT2D eigenvalue weighted by Gasteiger charge is 2.23. The van der Waals surface area contributed by atoms with E-state index in [1.54, 1.807) is 13.0 Å². The molecule has 1 unspecified atom stereocenters. The molecule has 0 bridgehead atoms. The number of sulfonamides is 2. The van der Waals surface area contributed by atoms with Gasteiger partial charge in [0.2, 0.25) is 15.9 Å². The number of carbonyl (C=O) groups excluding carboxylic acids is 1. The molecule has 0 radical (unpaired) electrons. The number of carbonyl (C=O) groups is 1. The summed E-state index contributed by atoms with van der Waals surface area (Å²) in [6, 6.07) is 9.54. The molecule has 0 fully saturated rings. The molecular formula is C16H17N3O5S3. The maximum Gasteiger partial charge on any atom is 0.261 e. The molecule has 8 nitrogen and oxygen atoms in total. The number of nitrogens with one attached hydrogen (secondary N) is 2. The molecule has 144 valence electrons. The number of amides is 1. The monoisotopic (exact) mass is 427 g/mol. The Morgan fingerprint density at radius 1 is 1.07 bits per heavy atom. The van der Waals surface area contributed by atoms with Crippen LogP contribution in [-0.4, -0.2) is 28.5 Å². The normalized spacial score (nSPS) is 17.6. The summed E-state index contributed by atoms with van der Waals surface area (Å²) in [6.45, 7) is 1.80. The molecular weight excluding hydrogens is 410 g/mol. The molecule has 0 spiro atoms. The summed E-state index contributed by atoms with van der Waals surface area (Å²) in [4.78, 5) is 12.6. The Morgan fingerprint density at radius 3 is 2.33 bits per heavy atom. The van der Waals surface area contributed by atoms with Crippen molar-refractivity contribution >= 4 is 49.1 Å². The Hall–Kier alpha value is -2.08. The van der Waals surface area contributed by atoms with Crippen molar-refractivity contribution in [2.24, 2.45) is 11.1 Å². The van der Waals surface area contributed by atoms with E-state index in [-0.39, 0.29) is 27.3 Å². The molecule has 0 aromatic heterocycles. The van der Waals surface area contributed by atoms with E-state index in [0.29, 0.717) is 11.4 Å². The second kappa shape index (κ2) is 7.15. The van der Waals surface area contributed by atoms with Crippen molar-refractivity contribution in [2.75, 3.05) is 15.8 Å². The highest BCUT2D eigenvalue weighted by molar-refractivity contribution is 7.99. The quantitative estimate of drug-likeness (QED) is 0.681. The van der Waals surface area contributed by atoms with Crippen molar-refractivity contribution in [2.45, 2.75) is 21.6 Å². The van der Waals surface area contributed by atoms with Crippen molar-refractivity contribution in [3.63, 3.8) is 0 Å². The molecule has 1 aliphatic heterocycles. The first kappa shape index (κ1) is 19.7. The number of nitrogens with two attached hydrogens (primary N) is 1. The van der Waals surface area contributed by atoms with Crippen LogP contribution in [0.4, 0.5) is 11.4 Å². The zero-order valence-electron chi connectivity index (χ0n) is 14.2. The molecule has 0 aliphatic carbocycles. The van der Waals surface area contributed by atoms with Gasteiger partial charge >= 0.3 is 0 Å². The maximum atomic E-state index is 12.6. The van der Waals surface area contributed by atoms with Crippen LogP contribution in [0, 0.1) is 5.92 Å². The molecule has 1 amide bonds. The average molecular weight is 428 g/mol. The Bertz CT molecular complexity index is 1100. The third-order valence-corrected chi connectivity index (χ3v) is 7.53. The van der Waals surface area contributed by atoms with Gasteiger partial charge in [0.05, 0.1) is 15.5 Å². The lowest BCUT2D eigenvalue weighted by Crippen LogP contribution is -2.20. The smallest absolute Gasteiger partial charge is 0.261 e. The molecule has 0 saturated carbocycles. The van der Waals surface area contributed by atoms with E-state index in [2.05, 4.69) is 10.0 Å². The Kier molecular flexibility index (Phi) is 5.21. The van der Waals surface area contributed by atoms with Gasteiger partial charge in [0, 0.05) is 22.3 Å². The summed E-state index contributed by atoms with van der Waals surface area (Å²) in [5.41, 5.74) is 0.631. The topological polar surface area (TPSA) is 135 Å². The van der Waals surface area contributed by atoms with E-state index in [1.807, 2.05) is 0 Å². The largest absolute Gasteiger partial charge is 0.325 e. The molecule has 1 heterocycles. The number of anilines is 2. The van der Waals surface area contributed by atoms with Crippen molar-refractivity contribution in [1.29, 1.82) is 0 Å². The average Bonchev–Trinajstić information content (AvgIpc) is 2.72. The molecule has 2 aromatic rings. The van der Waals surface area contributed by atoms with E-state index in [4.69, 9.17) is 5.14 Å². The van der Waals surface area contributed by atoms with Crippen LogP contribution in [0.25, 0.3) is 0 Å². The van der Waals surface area contributed by atoms with Crippen LogP contribution in [-0.2, 0) is 24.8 Å². The van der Waals surface area contributed by atoms with Crippen LogP contribution >= 0.6 is 11.8 Å². The van der Waals surface area contributed by atoms with Gasteiger partial charge in [0.15, 0.2) is 0 Å². The van der Waals surface area contributed by atoms with Crippen molar-refractivity contribution < 1.29 is 21.6 Å². The standard InChI is InChI=1S/C16H17N3O5S3/c1-10-9-25-15-7-6-13(8-14(15)18-16(10)20)27(23,24)19-11-2-4-12(5-3-11)26(17,21)22/h2-8,10,19H,9H2,1H3,(H,18,20)(H2,17,21,22). The lowest BCUT2D eigenvalue weighted by atomic mass is 10.2. The number of rotatable bonds is 4. The summed E-state index contributed by atoms with van der Waals surface area (Å²) in [7, 11) is -7.79. The SMILES string of the molecule is CC1CSc2ccc(S(=O)(=O)Nc3ccc(S(N)(=O)=O)cc3)cc2NC1=O. The predicted molar refractivity (Wildman–Crippen MR) is 104 cm³/mol. The Balaban J connectivity index is 1.87. The summed E-state index contributed by atoms with van der Waals surface area (Å²) in [5, 5.41) is 7.76. The van der Waals surface area contributed by atoms with E-state index in [1.165, 1.54) is 48.2 Å². The van der Waals surface area contributed by atoms with Gasteiger partial charge in [-0.3, -0.25) is 9.52 Å². The first-order chi connectivity index (χ1) is 12.6. The van der Waals surface area contributed by atoms with E-state index in [0.717, 1.165) is 4.90 Å². The minimum Gasteiger partial charge on any atom is -0.325 e. The van der Waals surface area contributed by atoms with Gasteiger partial charge in [-0.25, -0.2) is 22.0 Å². The number of benzene rings is 2. The minimum atomic E-state index is -3.93. The molecule has 1 atom stereocenters. The predicted octanol–water partition coefficient (Wildman–Crippen LogP) is 1.82. The first-order valence-electron chi connectivity index (χ1n) is 7.80. The van der Waals surface area contributed by atoms with Crippen LogP contribution in [0.15, 0.2) is 57.2 Å². The van der Waals surface area contributed by atoms with Gasteiger partial charge in [-0.15, -0.1) is 11.8 Å². The van der Waals surface area contributed by atoms with Crippen molar-refractivity contribution in [3.8, 4) is 0 Å². The molecule has 11 heteroatoms. The van der Waals surface area contributed by atoms with Crippen LogP contribution < -0.4 is 15.2 Å². The van der Waals surface area contributed by atoms with E-state index < -0.39 is 20.0 Å². The summed E-state index contributed by atoms with van der Waals surface area (Å²) < 4.78 is 50.2. The molecule has 2 aromatic carbocycles. The lowest BCUT2D eigenvalue weighted by molar-refractivity contribution is -0.118. The molecule has 27 heavy (non-hydrogen) atoms. The maximum absolute atomic E-state index is 12.6. The fourth-order valence-electron chi connectivity index (χ4n) is 2.37. The second-order valence-corrected chi connectivity index (χ2v) is 10.3. The molecule has 0 saturated heterocycles. The van der Waals surface area contributed by atoms with Crippen molar-refractivity contribution in [1.82, 2.24) is 0 Å². The molecule has 4 N–H and O–H groups in total. The number of fused-ring (bicyclic) bond motifs is 1. The van der Waals surface area contributed by atoms with Gasteiger partial charge in [0.1, 0.15) is 0 Å². The van der Waals surface area contributed by atoms with Crippen LogP contribution in [0.2, 0.25) is 0 Å². The number of thioether (sulfide) groups is 1. The number of primary sulfonamides is 1. The molecule has 3 rings (SSSR count). The highest BCUT2D eigenvalue weighted by Crippen LogP contribution is 2.34. The van der Waals surface area contributed by atoms with E-state index >= 15 is 0 Å². The van der Waals surface area contributed by atoms with Gasteiger partial charge < -0.3 is 5.32 Å². The third-order valence-electron chi connectivity index (χ3n) is 3.89. The second-order valence-electron chi connectivity index (χ2n) is 6.03. The van der Waals surface area contributed by atoms with Gasteiger partial charge in [-0.1, -0.05) is 6.92 Å². The van der Waals surface area contributed by atoms with Gasteiger partial charge in [-0.05, 0) is 42.5 Å². The highest BCUT2D eigenvalue weighted by atomic mass is 32.2. The Labute approximate surface area is 161 Å². The number of hydrogen-bond acceptors (Lipinski definition) is 6. The third kappa shape index (κ3) is 4.43. The van der Waals surface area contributed by atoms with Crippen LogP contribution in [0.5, 0.6) is 0 Å². The van der Waals surface area contributed by atoms with Crippen LogP contribution in [0.1, 0.15) is 6.92 Å². The summed E-state index contributed by atoms with van der Waals surface area (Å²) >= 11 is 1.48. The van der Waals surface area contributed by atoms with E-state index in [9.17, 15) is 21.6 Å². The minimum absolute atomic E-state index is 0.0211. The zero-order valence-corrected chi connectivity index (χ0v) is 16.6. The Morgan fingerprint density at radius 2 is 1.70 bits per heavy atom. The fraction of sp³-hybridized carbons (Fsp3) is 0.188. The van der Waals surface area contributed by atoms with Crippen LogP contribution in [0.3, 0.4) is 0 Å². The van der Waals surface area contributed by atoms with Gasteiger partial charge in [-0.2, -0.15) is 0 Å². The summed E-state index contributed by atoms with van der Waals surface area (Å²) in [5.74, 6) is 0.264. The lowest BCUT2D eigenvalue weighted by Gasteiger charge is -2.12. The summed E-state index contributed by atoms with van der Waals surface area (Å²) in [6.07, 6.45) is 0. The first-order valence-corrected chi connectivity index (χ1v) is 11.8. The number of hydrogen-bond donors (Lipinski definition) is 3. The zero-order chi connectivity index (χ0) is 19.8. The van der Waals surface area contributed by atoms with Gasteiger partial charge in [0.25, 0.3) is 10.0 Å². The fourth-order valence-corrected chi connectivity index (χ4v) is 4.98.